The van der Waals surface area contributed by atoms with Crippen LogP contribution in [0, 0.1) is 0 Å². The molecule has 0 bridgehead atoms. The van der Waals surface area contributed by atoms with E-state index >= 15 is 0 Å². The highest BCUT2D eigenvalue weighted by atomic mass is 16.6. The highest BCUT2D eigenvalue weighted by molar-refractivity contribution is 5.91. The molecule has 0 unspecified atom stereocenters. The molecule has 3 nitrogen and oxygen atoms in total. The molecule has 0 rings (SSSR count). The van der Waals surface area contributed by atoms with E-state index in [9.17, 15) is 4.79 Å². The molecule has 1 N–H and O–H groups in total. The predicted molar refractivity (Wildman–Crippen MR) is 30.0 cm³/mol. The number of ketones is 1. The molecular weight excluding hydrogens is 106 g/mol. The Bertz CT molecular complexity index is 109. The summed E-state index contributed by atoms with van der Waals surface area (Å²) in [6, 6.07) is 0. The van der Waals surface area contributed by atoms with Crippen molar-refractivity contribution in [3.8, 4) is 0 Å². The molecule has 0 aliphatic heterocycles. The van der Waals surface area contributed by atoms with Gasteiger partial charge in [0.25, 0.3) is 0 Å². The van der Waals surface area contributed by atoms with E-state index in [0.29, 0.717) is 0 Å². The summed E-state index contributed by atoms with van der Waals surface area (Å²) in [5, 5.41) is 0. The first kappa shape index (κ1) is 7.17. The minimum absolute atomic E-state index is 0.119. The van der Waals surface area contributed by atoms with Crippen LogP contribution in [0.3, 0.4) is 0 Å². The van der Waals surface area contributed by atoms with Gasteiger partial charge in [-0.3, -0.25) is 15.1 Å². The normalized spacial score (nSPS) is 8.25. The third-order valence-corrected chi connectivity index (χ3v) is 0.650. The second-order valence-corrected chi connectivity index (χ2v) is 1.34. The van der Waals surface area contributed by atoms with Crippen molar-refractivity contribution in [3.05, 3.63) is 12.3 Å². The first-order valence-electron chi connectivity index (χ1n) is 2.17. The highest BCUT2D eigenvalue weighted by Gasteiger charge is 1.94. The summed E-state index contributed by atoms with van der Waals surface area (Å²) < 4.78 is 0. The van der Waals surface area contributed by atoms with Crippen molar-refractivity contribution < 1.29 is 9.63 Å². The van der Waals surface area contributed by atoms with Crippen molar-refractivity contribution in [2.75, 3.05) is 7.11 Å². The molecule has 0 heterocycles. The van der Waals surface area contributed by atoms with E-state index in [2.05, 4.69) is 16.9 Å². The summed E-state index contributed by atoms with van der Waals surface area (Å²) in [6.07, 6.45) is 0. The van der Waals surface area contributed by atoms with Gasteiger partial charge in [-0.25, -0.2) is 0 Å². The van der Waals surface area contributed by atoms with Crippen molar-refractivity contribution >= 4 is 5.78 Å². The van der Waals surface area contributed by atoms with E-state index in [1.54, 1.807) is 0 Å². The van der Waals surface area contributed by atoms with Crippen LogP contribution in [0.25, 0.3) is 0 Å². The molecule has 0 aromatic heterocycles. The van der Waals surface area contributed by atoms with Gasteiger partial charge in [0.15, 0.2) is 5.78 Å². The summed E-state index contributed by atoms with van der Waals surface area (Å²) in [5.41, 5.74) is 2.57. The number of allylic oxidation sites excluding steroid dienone is 1. The molecule has 0 amide bonds. The van der Waals surface area contributed by atoms with E-state index in [0.717, 1.165) is 0 Å². The molecule has 0 fully saturated rings. The molecule has 46 valence electrons. The van der Waals surface area contributed by atoms with Gasteiger partial charge in [0.05, 0.1) is 12.8 Å². The van der Waals surface area contributed by atoms with Crippen LogP contribution in [-0.4, -0.2) is 12.9 Å². The van der Waals surface area contributed by atoms with Crippen LogP contribution in [0.2, 0.25) is 0 Å². The van der Waals surface area contributed by atoms with Gasteiger partial charge < -0.3 is 0 Å². The summed E-state index contributed by atoms with van der Waals surface area (Å²) in [7, 11) is 1.42. The number of hydrogen-bond donors (Lipinski definition) is 1. The molecule has 8 heavy (non-hydrogen) atoms. The molecule has 3 heteroatoms. The molecule has 0 radical (unpaired) electrons. The lowest BCUT2D eigenvalue weighted by Crippen LogP contribution is -2.15. The van der Waals surface area contributed by atoms with Gasteiger partial charge in [-0.1, -0.05) is 6.58 Å². The Morgan fingerprint density at radius 2 is 2.25 bits per heavy atom. The van der Waals surface area contributed by atoms with Crippen molar-refractivity contribution in [2.24, 2.45) is 0 Å². The van der Waals surface area contributed by atoms with Crippen molar-refractivity contribution in [1.29, 1.82) is 0 Å². The average Bonchev–Trinajstić information content (AvgIpc) is 1.67. The Balaban J connectivity index is 3.49. The monoisotopic (exact) mass is 115 g/mol. The largest absolute Gasteiger partial charge is 0.293 e. The lowest BCUT2D eigenvalue weighted by atomic mass is 10.4. The first-order valence-corrected chi connectivity index (χ1v) is 2.17. The number of carbonyl (C=O) groups excluding carboxylic acids is 1. The Morgan fingerprint density at radius 1 is 1.75 bits per heavy atom. The fraction of sp³-hybridized carbons (Fsp3) is 0.400. The highest BCUT2D eigenvalue weighted by Crippen LogP contribution is 1.82. The third-order valence-electron chi connectivity index (χ3n) is 0.650. The van der Waals surface area contributed by atoms with Gasteiger partial charge in [0.1, 0.15) is 0 Å². The minimum atomic E-state index is -0.119. The Hall–Kier alpha value is -0.830. The maximum absolute atomic E-state index is 10.3. The first-order chi connectivity index (χ1) is 3.68. The fourth-order valence-corrected chi connectivity index (χ4v) is 0.195. The van der Waals surface area contributed by atoms with E-state index in [4.69, 9.17) is 0 Å². The van der Waals surface area contributed by atoms with Crippen molar-refractivity contribution in [1.82, 2.24) is 5.48 Å². The smallest absolute Gasteiger partial charge is 0.177 e. The van der Waals surface area contributed by atoms with Crippen LogP contribution in [0.15, 0.2) is 12.3 Å². The maximum Gasteiger partial charge on any atom is 0.177 e. The van der Waals surface area contributed by atoms with Crippen LogP contribution in [0.4, 0.5) is 0 Å². The van der Waals surface area contributed by atoms with Gasteiger partial charge in [-0.05, 0) is 0 Å². The Morgan fingerprint density at radius 3 is 2.38 bits per heavy atom. The number of Topliss-reactive ketones (excluding diaryl/α,β-unsaturated/α-hetero) is 1. The van der Waals surface area contributed by atoms with Crippen LogP contribution in [-0.2, 0) is 9.63 Å². The minimum Gasteiger partial charge on any atom is -0.293 e. The number of nitrogens with one attached hydrogen (secondary N) is 1. The molecule has 0 aliphatic rings. The molecule has 0 saturated heterocycles. The van der Waals surface area contributed by atoms with Gasteiger partial charge in [0, 0.05) is 6.92 Å². The van der Waals surface area contributed by atoms with Crippen LogP contribution in [0.5, 0.6) is 0 Å². The second kappa shape index (κ2) is 3.21. The second-order valence-electron chi connectivity index (χ2n) is 1.34. The van der Waals surface area contributed by atoms with E-state index in [1.807, 2.05) is 0 Å². The zero-order valence-corrected chi connectivity index (χ0v) is 5.02. The molecular formula is C5H9NO2. The number of carbonyl (C=O) groups is 1. The van der Waals surface area contributed by atoms with Gasteiger partial charge >= 0.3 is 0 Å². The molecule has 0 spiro atoms. The lowest BCUT2D eigenvalue weighted by Gasteiger charge is -1.99. The Kier molecular flexibility index (Phi) is 2.88. The summed E-state index contributed by atoms with van der Waals surface area (Å²) in [6.45, 7) is 4.77. The van der Waals surface area contributed by atoms with Crippen LogP contribution < -0.4 is 5.48 Å². The molecule has 0 aromatic rings. The fourth-order valence-electron chi connectivity index (χ4n) is 0.195. The zero-order valence-electron chi connectivity index (χ0n) is 5.02. The maximum atomic E-state index is 10.3. The standard InChI is InChI=1S/C5H9NO2/c1-4(5(2)7)6-8-3/h6H,1H2,2-3H3. The van der Waals surface area contributed by atoms with Crippen molar-refractivity contribution in [2.45, 2.75) is 6.92 Å². The average molecular weight is 115 g/mol. The topological polar surface area (TPSA) is 38.3 Å². The van der Waals surface area contributed by atoms with Gasteiger partial charge in [-0.15, -0.1) is 0 Å². The van der Waals surface area contributed by atoms with Crippen LogP contribution >= 0.6 is 0 Å². The SMILES string of the molecule is C=C(NOC)C(C)=O. The molecule has 0 atom stereocenters. The molecule has 0 aromatic carbocycles. The van der Waals surface area contributed by atoms with E-state index in [-0.39, 0.29) is 11.5 Å². The summed E-state index contributed by atoms with van der Waals surface area (Å²) >= 11 is 0. The predicted octanol–water partition coefficient (Wildman–Crippen LogP) is 0.240. The summed E-state index contributed by atoms with van der Waals surface area (Å²) in [4.78, 5) is 14.7. The van der Waals surface area contributed by atoms with E-state index < -0.39 is 0 Å². The molecule has 0 aliphatic carbocycles. The summed E-state index contributed by atoms with van der Waals surface area (Å²) in [5.74, 6) is -0.119. The van der Waals surface area contributed by atoms with E-state index in [1.165, 1.54) is 14.0 Å². The number of hydrogen-bond acceptors (Lipinski definition) is 3. The lowest BCUT2D eigenvalue weighted by molar-refractivity contribution is -0.115. The van der Waals surface area contributed by atoms with Gasteiger partial charge in [0.2, 0.25) is 0 Å². The van der Waals surface area contributed by atoms with Crippen molar-refractivity contribution in [3.63, 3.8) is 0 Å². The quantitative estimate of drug-likeness (QED) is 0.423. The zero-order chi connectivity index (χ0) is 6.57. The molecule has 0 saturated carbocycles. The Labute approximate surface area is 48.3 Å². The number of hydroxylamine groups is 1. The van der Waals surface area contributed by atoms with Crippen LogP contribution in [0.1, 0.15) is 6.92 Å². The van der Waals surface area contributed by atoms with Gasteiger partial charge in [-0.2, -0.15) is 0 Å². The third kappa shape index (κ3) is 2.36. The number of rotatable bonds is 3.